The molecule has 19 heavy (non-hydrogen) atoms. The lowest BCUT2D eigenvalue weighted by molar-refractivity contribution is -0.113. The number of sulfone groups is 1. The highest BCUT2D eigenvalue weighted by Crippen LogP contribution is 2.24. The number of hydrogen-bond acceptors (Lipinski definition) is 4. The van der Waals surface area contributed by atoms with Crippen LogP contribution in [0.3, 0.4) is 0 Å². The lowest BCUT2D eigenvalue weighted by Crippen LogP contribution is -2.28. The Bertz CT molecular complexity index is 569. The summed E-state index contributed by atoms with van der Waals surface area (Å²) in [7, 11) is -2.14. The monoisotopic (exact) mass is 289 g/mol. The van der Waals surface area contributed by atoms with Crippen molar-refractivity contribution in [1.82, 2.24) is 0 Å². The average molecular weight is 289 g/mol. The summed E-state index contributed by atoms with van der Waals surface area (Å²) in [6.07, 6.45) is 0. The molecule has 0 heterocycles. The van der Waals surface area contributed by atoms with Crippen molar-refractivity contribution >= 4 is 21.4 Å². The SMILES string of the molecule is COc1cc(F)ccc1NC(=O)CS(=O)(=O)C(C)C. The standard InChI is InChI=1S/C12H16FNO4S/c1-8(2)19(16,17)7-12(15)14-10-5-4-9(13)6-11(10)18-3/h4-6,8H,7H2,1-3H3,(H,14,15). The molecule has 1 aromatic rings. The van der Waals surface area contributed by atoms with Crippen molar-refractivity contribution in [1.29, 1.82) is 0 Å². The van der Waals surface area contributed by atoms with E-state index in [0.29, 0.717) is 0 Å². The third-order valence-electron chi connectivity index (χ3n) is 2.49. The highest BCUT2D eigenvalue weighted by atomic mass is 32.2. The predicted octanol–water partition coefficient (Wildman–Crippen LogP) is 1.60. The summed E-state index contributed by atoms with van der Waals surface area (Å²) >= 11 is 0. The lowest BCUT2D eigenvalue weighted by atomic mass is 10.3. The summed E-state index contributed by atoms with van der Waals surface area (Å²) in [5, 5.41) is 1.76. The van der Waals surface area contributed by atoms with Crippen LogP contribution in [0, 0.1) is 5.82 Å². The quantitative estimate of drug-likeness (QED) is 0.893. The second-order valence-electron chi connectivity index (χ2n) is 4.25. The van der Waals surface area contributed by atoms with Crippen molar-refractivity contribution in [2.24, 2.45) is 0 Å². The van der Waals surface area contributed by atoms with Gasteiger partial charge in [0.2, 0.25) is 5.91 Å². The minimum atomic E-state index is -3.47. The number of carbonyl (C=O) groups excluding carboxylic acids is 1. The van der Waals surface area contributed by atoms with Crippen molar-refractivity contribution in [3.63, 3.8) is 0 Å². The first-order chi connectivity index (χ1) is 8.76. The van der Waals surface area contributed by atoms with Crippen LogP contribution in [-0.4, -0.2) is 32.4 Å². The van der Waals surface area contributed by atoms with E-state index in [1.54, 1.807) is 0 Å². The van der Waals surface area contributed by atoms with Gasteiger partial charge in [0.25, 0.3) is 0 Å². The largest absolute Gasteiger partial charge is 0.494 e. The number of rotatable bonds is 5. The Morgan fingerprint density at radius 2 is 2.05 bits per heavy atom. The zero-order valence-electron chi connectivity index (χ0n) is 10.9. The molecule has 0 spiro atoms. The maximum atomic E-state index is 13.0. The van der Waals surface area contributed by atoms with Gasteiger partial charge in [0.1, 0.15) is 17.3 Å². The summed E-state index contributed by atoms with van der Waals surface area (Å²) in [4.78, 5) is 11.6. The van der Waals surface area contributed by atoms with Crippen LogP contribution in [0.4, 0.5) is 10.1 Å². The molecular formula is C12H16FNO4S. The number of benzene rings is 1. The van der Waals surface area contributed by atoms with Gasteiger partial charge in [-0.25, -0.2) is 12.8 Å². The summed E-state index contributed by atoms with van der Waals surface area (Å²) in [6, 6.07) is 3.57. The van der Waals surface area contributed by atoms with E-state index < -0.39 is 32.6 Å². The Kier molecular flexibility index (Phi) is 4.88. The minimum Gasteiger partial charge on any atom is -0.494 e. The van der Waals surface area contributed by atoms with Gasteiger partial charge in [-0.05, 0) is 26.0 Å². The van der Waals surface area contributed by atoms with Crippen molar-refractivity contribution in [2.45, 2.75) is 19.1 Å². The number of halogens is 1. The molecule has 5 nitrogen and oxygen atoms in total. The van der Waals surface area contributed by atoms with Crippen molar-refractivity contribution in [3.05, 3.63) is 24.0 Å². The van der Waals surface area contributed by atoms with Crippen LogP contribution in [0.15, 0.2) is 18.2 Å². The molecule has 0 bridgehead atoms. The Morgan fingerprint density at radius 1 is 1.42 bits per heavy atom. The minimum absolute atomic E-state index is 0.135. The van der Waals surface area contributed by atoms with E-state index in [0.717, 1.165) is 12.1 Å². The summed E-state index contributed by atoms with van der Waals surface area (Å²) in [6.45, 7) is 3.00. The maximum absolute atomic E-state index is 13.0. The van der Waals surface area contributed by atoms with Crippen LogP contribution in [-0.2, 0) is 14.6 Å². The maximum Gasteiger partial charge on any atom is 0.239 e. The summed E-state index contributed by atoms with van der Waals surface area (Å²) < 4.78 is 41.0. The zero-order valence-corrected chi connectivity index (χ0v) is 11.8. The molecule has 106 valence electrons. The van der Waals surface area contributed by atoms with Crippen LogP contribution >= 0.6 is 0 Å². The van der Waals surface area contributed by atoms with E-state index in [2.05, 4.69) is 5.32 Å². The molecular weight excluding hydrogens is 273 g/mol. The third kappa shape index (κ3) is 4.20. The molecule has 0 unspecified atom stereocenters. The van der Waals surface area contributed by atoms with E-state index >= 15 is 0 Å². The zero-order chi connectivity index (χ0) is 14.6. The van der Waals surface area contributed by atoms with E-state index in [1.807, 2.05) is 0 Å². The first kappa shape index (κ1) is 15.4. The van der Waals surface area contributed by atoms with Gasteiger partial charge < -0.3 is 10.1 Å². The van der Waals surface area contributed by atoms with Gasteiger partial charge in [0, 0.05) is 6.07 Å². The Balaban J connectivity index is 2.84. The lowest BCUT2D eigenvalue weighted by Gasteiger charge is -2.11. The molecule has 0 fully saturated rings. The molecule has 1 rings (SSSR count). The van der Waals surface area contributed by atoms with Gasteiger partial charge in [-0.1, -0.05) is 0 Å². The van der Waals surface area contributed by atoms with Crippen LogP contribution in [0.25, 0.3) is 0 Å². The van der Waals surface area contributed by atoms with Gasteiger partial charge in [0.05, 0.1) is 18.0 Å². The molecule has 1 amide bonds. The van der Waals surface area contributed by atoms with Gasteiger partial charge >= 0.3 is 0 Å². The predicted molar refractivity (Wildman–Crippen MR) is 70.5 cm³/mol. The number of carbonyl (C=O) groups is 1. The van der Waals surface area contributed by atoms with Gasteiger partial charge in [-0.3, -0.25) is 4.79 Å². The van der Waals surface area contributed by atoms with E-state index in [4.69, 9.17) is 4.74 Å². The molecule has 0 aliphatic carbocycles. The molecule has 0 saturated heterocycles. The average Bonchev–Trinajstić information content (AvgIpc) is 2.30. The topological polar surface area (TPSA) is 72.5 Å². The molecule has 1 N–H and O–H groups in total. The van der Waals surface area contributed by atoms with Gasteiger partial charge in [-0.15, -0.1) is 0 Å². The van der Waals surface area contributed by atoms with Crippen LogP contribution in [0.1, 0.15) is 13.8 Å². The van der Waals surface area contributed by atoms with E-state index in [-0.39, 0.29) is 11.4 Å². The fraction of sp³-hybridized carbons (Fsp3) is 0.417. The Hall–Kier alpha value is -1.63. The highest BCUT2D eigenvalue weighted by molar-refractivity contribution is 7.92. The van der Waals surface area contributed by atoms with Crippen molar-refractivity contribution in [2.75, 3.05) is 18.2 Å². The molecule has 0 aliphatic rings. The molecule has 0 aliphatic heterocycles. The number of anilines is 1. The van der Waals surface area contributed by atoms with E-state index in [1.165, 1.54) is 27.0 Å². The van der Waals surface area contributed by atoms with Gasteiger partial charge in [-0.2, -0.15) is 0 Å². The molecule has 0 aromatic heterocycles. The number of ether oxygens (including phenoxy) is 1. The first-order valence-corrected chi connectivity index (χ1v) is 7.32. The van der Waals surface area contributed by atoms with Crippen LogP contribution in [0.5, 0.6) is 5.75 Å². The summed E-state index contributed by atoms with van der Waals surface area (Å²) in [5.74, 6) is -1.68. The second kappa shape index (κ2) is 6.01. The molecule has 0 saturated carbocycles. The second-order valence-corrected chi connectivity index (χ2v) is 6.81. The van der Waals surface area contributed by atoms with E-state index in [9.17, 15) is 17.6 Å². The van der Waals surface area contributed by atoms with Gasteiger partial charge in [0.15, 0.2) is 9.84 Å². The highest BCUT2D eigenvalue weighted by Gasteiger charge is 2.21. The Morgan fingerprint density at radius 3 is 2.58 bits per heavy atom. The number of amides is 1. The van der Waals surface area contributed by atoms with Crippen LogP contribution in [0.2, 0.25) is 0 Å². The third-order valence-corrected chi connectivity index (χ3v) is 4.59. The smallest absolute Gasteiger partial charge is 0.239 e. The Labute approximate surface area is 111 Å². The number of nitrogens with one attached hydrogen (secondary N) is 1. The number of methoxy groups -OCH3 is 1. The molecule has 0 radical (unpaired) electrons. The van der Waals surface area contributed by atoms with Crippen molar-refractivity contribution < 1.29 is 22.3 Å². The molecule has 1 aromatic carbocycles. The fourth-order valence-corrected chi connectivity index (χ4v) is 2.07. The van der Waals surface area contributed by atoms with Crippen molar-refractivity contribution in [3.8, 4) is 5.75 Å². The number of hydrogen-bond donors (Lipinski definition) is 1. The normalized spacial score (nSPS) is 11.4. The molecule has 0 atom stereocenters. The van der Waals surface area contributed by atoms with Crippen LogP contribution < -0.4 is 10.1 Å². The fourth-order valence-electron chi connectivity index (χ4n) is 1.30. The summed E-state index contributed by atoms with van der Waals surface area (Å²) in [5.41, 5.74) is 0.229. The molecule has 7 heteroatoms. The first-order valence-electron chi connectivity index (χ1n) is 5.61.